The normalized spacial score (nSPS) is 11.7. The molecule has 0 saturated heterocycles. The number of fused-ring (bicyclic) bond motifs is 1. The van der Waals surface area contributed by atoms with Crippen molar-refractivity contribution in [2.75, 3.05) is 10.0 Å². The SMILES string of the molecule is O=S(=O)(C=Cc1ccccc1)Nc1ccc(CNc2cc(-c3ccccc3Cl)nc3c(Br)cnn23)cc1. The molecule has 186 valence electrons. The van der Waals surface area contributed by atoms with Gasteiger partial charge in [-0.15, -0.1) is 0 Å². The highest BCUT2D eigenvalue weighted by atomic mass is 79.9. The Bertz CT molecular complexity index is 1690. The first-order valence-corrected chi connectivity index (χ1v) is 14.0. The smallest absolute Gasteiger partial charge is 0.255 e. The molecule has 0 saturated carbocycles. The van der Waals surface area contributed by atoms with E-state index in [4.69, 9.17) is 16.6 Å². The van der Waals surface area contributed by atoms with Crippen LogP contribution in [0.15, 0.2) is 101 Å². The Morgan fingerprint density at radius 2 is 1.70 bits per heavy atom. The van der Waals surface area contributed by atoms with Gasteiger partial charge in [-0.25, -0.2) is 13.4 Å². The van der Waals surface area contributed by atoms with Gasteiger partial charge in [0.1, 0.15) is 5.82 Å². The van der Waals surface area contributed by atoms with Crippen molar-refractivity contribution in [1.29, 1.82) is 0 Å². The van der Waals surface area contributed by atoms with E-state index >= 15 is 0 Å². The Hall–Kier alpha value is -3.66. The van der Waals surface area contributed by atoms with E-state index in [0.717, 1.165) is 38.1 Å². The number of anilines is 2. The van der Waals surface area contributed by atoms with Gasteiger partial charge in [-0.2, -0.15) is 9.61 Å². The van der Waals surface area contributed by atoms with Gasteiger partial charge in [0.25, 0.3) is 10.0 Å². The molecule has 0 spiro atoms. The van der Waals surface area contributed by atoms with E-state index in [2.05, 4.69) is 31.1 Å². The van der Waals surface area contributed by atoms with Crippen LogP contribution in [-0.4, -0.2) is 23.0 Å². The highest BCUT2D eigenvalue weighted by Crippen LogP contribution is 2.30. The quantitative estimate of drug-likeness (QED) is 0.205. The van der Waals surface area contributed by atoms with Gasteiger partial charge in [-0.05, 0) is 51.3 Å². The summed E-state index contributed by atoms with van der Waals surface area (Å²) in [5.41, 5.74) is 4.44. The predicted molar refractivity (Wildman–Crippen MR) is 153 cm³/mol. The number of rotatable bonds is 8. The second kappa shape index (κ2) is 10.8. The Morgan fingerprint density at radius 3 is 2.46 bits per heavy atom. The average Bonchev–Trinajstić information content (AvgIpc) is 3.28. The maximum atomic E-state index is 12.4. The molecule has 0 atom stereocenters. The van der Waals surface area contributed by atoms with Crippen molar-refractivity contribution in [1.82, 2.24) is 14.6 Å². The zero-order chi connectivity index (χ0) is 25.8. The van der Waals surface area contributed by atoms with Crippen LogP contribution >= 0.6 is 27.5 Å². The number of aromatic nitrogens is 3. The number of benzene rings is 3. The second-order valence-electron chi connectivity index (χ2n) is 8.15. The summed E-state index contributed by atoms with van der Waals surface area (Å²) in [5, 5.41) is 9.58. The van der Waals surface area contributed by atoms with E-state index in [1.54, 1.807) is 28.9 Å². The zero-order valence-corrected chi connectivity index (χ0v) is 22.5. The zero-order valence-electron chi connectivity index (χ0n) is 19.3. The van der Waals surface area contributed by atoms with Crippen molar-refractivity contribution in [3.05, 3.63) is 117 Å². The van der Waals surface area contributed by atoms with Gasteiger partial charge in [0, 0.05) is 28.9 Å². The molecule has 7 nitrogen and oxygen atoms in total. The molecular formula is C27H21BrClN5O2S. The molecule has 0 radical (unpaired) electrons. The molecule has 0 fully saturated rings. The first kappa shape index (κ1) is 25.0. The van der Waals surface area contributed by atoms with E-state index in [1.807, 2.05) is 72.8 Å². The van der Waals surface area contributed by atoms with Crippen LogP contribution in [0.2, 0.25) is 5.02 Å². The molecule has 10 heteroatoms. The summed E-state index contributed by atoms with van der Waals surface area (Å²) in [5.74, 6) is 0.737. The Labute approximate surface area is 228 Å². The van der Waals surface area contributed by atoms with Crippen LogP contribution in [0.1, 0.15) is 11.1 Å². The molecule has 5 aromatic rings. The van der Waals surface area contributed by atoms with Crippen molar-refractivity contribution in [2.24, 2.45) is 0 Å². The third kappa shape index (κ3) is 6.02. The van der Waals surface area contributed by atoms with Gasteiger partial charge in [-0.3, -0.25) is 4.72 Å². The van der Waals surface area contributed by atoms with Gasteiger partial charge < -0.3 is 5.32 Å². The molecule has 37 heavy (non-hydrogen) atoms. The van der Waals surface area contributed by atoms with Crippen molar-refractivity contribution < 1.29 is 8.42 Å². The maximum Gasteiger partial charge on any atom is 0.255 e. The lowest BCUT2D eigenvalue weighted by Crippen LogP contribution is -2.09. The molecule has 5 rings (SSSR count). The van der Waals surface area contributed by atoms with Crippen LogP contribution in [0.5, 0.6) is 0 Å². The number of sulfonamides is 1. The molecule has 0 unspecified atom stereocenters. The second-order valence-corrected chi connectivity index (χ2v) is 11.0. The summed E-state index contributed by atoms with van der Waals surface area (Å²) in [7, 11) is -3.64. The van der Waals surface area contributed by atoms with E-state index < -0.39 is 10.0 Å². The van der Waals surface area contributed by atoms with Crippen molar-refractivity contribution in [2.45, 2.75) is 6.54 Å². The summed E-state index contributed by atoms with van der Waals surface area (Å²) >= 11 is 9.92. The van der Waals surface area contributed by atoms with Crippen molar-refractivity contribution in [3.63, 3.8) is 0 Å². The maximum absolute atomic E-state index is 12.4. The Morgan fingerprint density at radius 1 is 0.973 bits per heavy atom. The summed E-state index contributed by atoms with van der Waals surface area (Å²) < 4.78 is 29.9. The molecule has 2 heterocycles. The third-order valence-electron chi connectivity index (χ3n) is 5.51. The van der Waals surface area contributed by atoms with E-state index in [-0.39, 0.29) is 0 Å². The first-order chi connectivity index (χ1) is 17.9. The average molecular weight is 595 g/mol. The molecule has 0 aliphatic carbocycles. The molecule has 0 bridgehead atoms. The molecule has 0 aliphatic heterocycles. The van der Waals surface area contributed by atoms with Gasteiger partial charge >= 0.3 is 0 Å². The Balaban J connectivity index is 1.31. The fraction of sp³-hybridized carbons (Fsp3) is 0.0370. The van der Waals surface area contributed by atoms with Crippen LogP contribution < -0.4 is 10.0 Å². The van der Waals surface area contributed by atoms with Crippen LogP contribution in [0.3, 0.4) is 0 Å². The lowest BCUT2D eigenvalue weighted by atomic mass is 10.1. The van der Waals surface area contributed by atoms with Crippen LogP contribution in [-0.2, 0) is 16.6 Å². The molecule has 0 amide bonds. The number of halogens is 2. The minimum absolute atomic E-state index is 0.477. The van der Waals surface area contributed by atoms with Gasteiger partial charge in [-0.1, -0.05) is 72.3 Å². The number of nitrogens with one attached hydrogen (secondary N) is 2. The van der Waals surface area contributed by atoms with Gasteiger partial charge in [0.15, 0.2) is 5.65 Å². The van der Waals surface area contributed by atoms with E-state index in [0.29, 0.717) is 22.9 Å². The lowest BCUT2D eigenvalue weighted by molar-refractivity contribution is 0.609. The van der Waals surface area contributed by atoms with Crippen LogP contribution in [0.25, 0.3) is 23.0 Å². The Kier molecular flexibility index (Phi) is 7.27. The summed E-state index contributed by atoms with van der Waals surface area (Å²) in [6.07, 6.45) is 3.25. The molecular weight excluding hydrogens is 574 g/mol. The van der Waals surface area contributed by atoms with Gasteiger partial charge in [0.2, 0.25) is 0 Å². The van der Waals surface area contributed by atoms with Gasteiger partial charge in [0.05, 0.1) is 21.8 Å². The first-order valence-electron chi connectivity index (χ1n) is 11.3. The monoisotopic (exact) mass is 593 g/mol. The summed E-state index contributed by atoms with van der Waals surface area (Å²) in [6, 6.07) is 25.9. The topological polar surface area (TPSA) is 88.4 Å². The molecule has 2 N–H and O–H groups in total. The van der Waals surface area contributed by atoms with Crippen molar-refractivity contribution >= 4 is 60.8 Å². The molecule has 3 aromatic carbocycles. The van der Waals surface area contributed by atoms with E-state index in [1.165, 1.54) is 0 Å². The fourth-order valence-corrected chi connectivity index (χ4v) is 5.13. The number of hydrogen-bond donors (Lipinski definition) is 2. The minimum atomic E-state index is -3.64. The molecule has 0 aliphatic rings. The minimum Gasteiger partial charge on any atom is -0.366 e. The highest BCUT2D eigenvalue weighted by molar-refractivity contribution is 9.10. The highest BCUT2D eigenvalue weighted by Gasteiger charge is 2.13. The molecule has 2 aromatic heterocycles. The summed E-state index contributed by atoms with van der Waals surface area (Å²) in [4.78, 5) is 4.72. The van der Waals surface area contributed by atoms with E-state index in [9.17, 15) is 8.42 Å². The third-order valence-corrected chi connectivity index (χ3v) is 7.41. The van der Waals surface area contributed by atoms with Crippen LogP contribution in [0, 0.1) is 0 Å². The van der Waals surface area contributed by atoms with Crippen molar-refractivity contribution in [3.8, 4) is 11.3 Å². The lowest BCUT2D eigenvalue weighted by Gasteiger charge is -2.12. The number of hydrogen-bond acceptors (Lipinski definition) is 5. The largest absolute Gasteiger partial charge is 0.366 e. The van der Waals surface area contributed by atoms with Crippen LogP contribution in [0.4, 0.5) is 11.5 Å². The standard InChI is InChI=1S/C27H21BrClN5O2S/c28-23-18-31-34-26(16-25(32-27(23)34)22-8-4-5-9-24(22)29)30-17-20-10-12-21(13-11-20)33-37(35,36)15-14-19-6-2-1-3-7-19/h1-16,18,30,33H,17H2. The summed E-state index contributed by atoms with van der Waals surface area (Å²) in [6.45, 7) is 0.486. The predicted octanol–water partition coefficient (Wildman–Crippen LogP) is 6.84. The fourth-order valence-electron chi connectivity index (χ4n) is 3.68. The number of nitrogens with zero attached hydrogens (tertiary/aromatic N) is 3.